The van der Waals surface area contributed by atoms with Crippen LogP contribution in [0.25, 0.3) is 0 Å². The van der Waals surface area contributed by atoms with Crippen LogP contribution in [0.15, 0.2) is 40.0 Å². The first-order chi connectivity index (χ1) is 9.79. The largest absolute Gasteiger partial charge is 0.478 e. The number of aromatic nitrogens is 2. The second-order valence-electron chi connectivity index (χ2n) is 3.86. The van der Waals surface area contributed by atoms with E-state index in [1.165, 1.54) is 12.1 Å². The summed E-state index contributed by atoms with van der Waals surface area (Å²) < 4.78 is 26.4. The Balaban J connectivity index is 2.44. The second kappa shape index (κ2) is 5.54. The number of nitrogens with one attached hydrogen (secondary N) is 2. The number of benzene rings is 1. The van der Waals surface area contributed by atoms with Gasteiger partial charge < -0.3 is 5.11 Å². The zero-order valence-corrected chi connectivity index (χ0v) is 11.8. The van der Waals surface area contributed by atoms with Gasteiger partial charge in [-0.15, -0.1) is 0 Å². The van der Waals surface area contributed by atoms with Crippen LogP contribution in [0.4, 0.5) is 5.82 Å². The number of carboxylic acid groups (broad SMARTS) is 1. The molecule has 0 saturated carbocycles. The molecule has 0 aliphatic rings. The molecule has 0 spiro atoms. The third-order valence-corrected chi connectivity index (χ3v) is 4.22. The van der Waals surface area contributed by atoms with Crippen molar-refractivity contribution in [1.82, 2.24) is 10.2 Å². The fourth-order valence-electron chi connectivity index (χ4n) is 1.44. The van der Waals surface area contributed by atoms with Crippen LogP contribution in [-0.4, -0.2) is 29.7 Å². The number of aromatic amines is 1. The number of nitrogens with zero attached hydrogens (tertiary/aromatic N) is 1. The van der Waals surface area contributed by atoms with Crippen molar-refractivity contribution in [2.45, 2.75) is 4.90 Å². The molecule has 0 amide bonds. The second-order valence-corrected chi connectivity index (χ2v) is 5.92. The Kier molecular flexibility index (Phi) is 3.96. The molecular weight excluding hydrogens is 322 g/mol. The number of sulfonamides is 1. The molecule has 21 heavy (non-hydrogen) atoms. The van der Waals surface area contributed by atoms with Gasteiger partial charge in [0.25, 0.3) is 15.6 Å². The number of hydrogen-bond acceptors (Lipinski definition) is 5. The summed E-state index contributed by atoms with van der Waals surface area (Å²) >= 11 is 5.79. The van der Waals surface area contributed by atoms with Gasteiger partial charge in [0.1, 0.15) is 4.90 Å². The lowest BCUT2D eigenvalue weighted by Crippen LogP contribution is -2.17. The summed E-state index contributed by atoms with van der Waals surface area (Å²) in [5.41, 5.74) is -0.724. The standard InChI is InChI=1S/C11H8ClN3O5S/c12-7-2-1-6(11(17)18)5-8(7)21(19,20)15-9-3-4-10(16)14-13-9/h1-5H,(H,13,15)(H,14,16)(H,17,18). The molecule has 0 fully saturated rings. The van der Waals surface area contributed by atoms with Crippen molar-refractivity contribution in [1.29, 1.82) is 0 Å². The number of halogens is 1. The van der Waals surface area contributed by atoms with E-state index in [0.717, 1.165) is 18.2 Å². The number of anilines is 1. The van der Waals surface area contributed by atoms with Gasteiger partial charge in [-0.1, -0.05) is 11.6 Å². The first kappa shape index (κ1) is 15.0. The molecule has 0 bridgehead atoms. The summed E-state index contributed by atoms with van der Waals surface area (Å²) in [5.74, 6) is -1.42. The maximum Gasteiger partial charge on any atom is 0.335 e. The molecule has 1 aromatic heterocycles. The third kappa shape index (κ3) is 3.38. The van der Waals surface area contributed by atoms with E-state index < -0.39 is 26.4 Å². The molecular formula is C11H8ClN3O5S. The number of carboxylic acids is 1. The lowest BCUT2D eigenvalue weighted by Gasteiger charge is -2.09. The topological polar surface area (TPSA) is 129 Å². The summed E-state index contributed by atoms with van der Waals surface area (Å²) in [6, 6.07) is 5.52. The molecule has 10 heteroatoms. The van der Waals surface area contributed by atoms with Crippen molar-refractivity contribution in [3.8, 4) is 0 Å². The molecule has 0 atom stereocenters. The van der Waals surface area contributed by atoms with Crippen LogP contribution < -0.4 is 10.3 Å². The molecule has 2 aromatic rings. The van der Waals surface area contributed by atoms with Gasteiger partial charge in [0.2, 0.25) is 0 Å². The summed E-state index contributed by atoms with van der Waals surface area (Å²) in [6.45, 7) is 0. The number of rotatable bonds is 4. The normalized spacial score (nSPS) is 11.1. The molecule has 8 nitrogen and oxygen atoms in total. The smallest absolute Gasteiger partial charge is 0.335 e. The van der Waals surface area contributed by atoms with E-state index in [1.54, 1.807) is 0 Å². The zero-order chi connectivity index (χ0) is 15.6. The van der Waals surface area contributed by atoms with Crippen molar-refractivity contribution in [2.24, 2.45) is 0 Å². The highest BCUT2D eigenvalue weighted by Gasteiger charge is 2.20. The number of H-pyrrole nitrogens is 1. The van der Waals surface area contributed by atoms with E-state index >= 15 is 0 Å². The molecule has 1 heterocycles. The van der Waals surface area contributed by atoms with E-state index in [9.17, 15) is 18.0 Å². The Hall–Kier alpha value is -2.39. The van der Waals surface area contributed by atoms with Gasteiger partial charge >= 0.3 is 5.97 Å². The molecule has 0 aliphatic heterocycles. The molecule has 0 radical (unpaired) electrons. The van der Waals surface area contributed by atoms with E-state index in [2.05, 4.69) is 14.9 Å². The van der Waals surface area contributed by atoms with Crippen molar-refractivity contribution in [3.63, 3.8) is 0 Å². The van der Waals surface area contributed by atoms with Crippen molar-refractivity contribution >= 4 is 33.4 Å². The van der Waals surface area contributed by atoms with Crippen LogP contribution in [-0.2, 0) is 10.0 Å². The molecule has 0 saturated heterocycles. The minimum absolute atomic E-state index is 0.133. The van der Waals surface area contributed by atoms with Gasteiger partial charge in [0.15, 0.2) is 5.82 Å². The van der Waals surface area contributed by atoms with Gasteiger partial charge in [0.05, 0.1) is 10.6 Å². The van der Waals surface area contributed by atoms with Crippen LogP contribution in [0.3, 0.4) is 0 Å². The van der Waals surface area contributed by atoms with Crippen LogP contribution in [0.5, 0.6) is 0 Å². The van der Waals surface area contributed by atoms with E-state index in [4.69, 9.17) is 16.7 Å². The monoisotopic (exact) mass is 329 g/mol. The predicted octanol–water partition coefficient (Wildman–Crippen LogP) is 0.922. The van der Waals surface area contributed by atoms with Gasteiger partial charge in [-0.25, -0.2) is 18.3 Å². The maximum absolute atomic E-state index is 12.2. The summed E-state index contributed by atoms with van der Waals surface area (Å²) in [6.07, 6.45) is 0. The van der Waals surface area contributed by atoms with E-state index in [-0.39, 0.29) is 16.4 Å². The zero-order valence-electron chi connectivity index (χ0n) is 10.2. The average Bonchev–Trinajstić information content (AvgIpc) is 2.41. The lowest BCUT2D eigenvalue weighted by molar-refractivity contribution is 0.0696. The highest BCUT2D eigenvalue weighted by molar-refractivity contribution is 7.92. The number of aromatic carboxylic acids is 1. The molecule has 1 aromatic carbocycles. The number of hydrogen-bond donors (Lipinski definition) is 3. The Morgan fingerprint density at radius 2 is 2.00 bits per heavy atom. The summed E-state index contributed by atoms with van der Waals surface area (Å²) in [4.78, 5) is 21.3. The van der Waals surface area contributed by atoms with Crippen LogP contribution in [0.1, 0.15) is 10.4 Å². The summed E-state index contributed by atoms with van der Waals surface area (Å²) in [7, 11) is -4.14. The fraction of sp³-hybridized carbons (Fsp3) is 0. The Labute approximate surface area is 123 Å². The van der Waals surface area contributed by atoms with Gasteiger partial charge in [0, 0.05) is 6.07 Å². The number of carbonyl (C=O) groups is 1. The first-order valence-corrected chi connectivity index (χ1v) is 7.27. The summed E-state index contributed by atoms with van der Waals surface area (Å²) in [5, 5.41) is 14.3. The Morgan fingerprint density at radius 3 is 2.57 bits per heavy atom. The molecule has 3 N–H and O–H groups in total. The van der Waals surface area contributed by atoms with Gasteiger partial charge in [-0.3, -0.25) is 9.52 Å². The van der Waals surface area contributed by atoms with Crippen molar-refractivity contribution in [3.05, 3.63) is 51.3 Å². The van der Waals surface area contributed by atoms with Crippen molar-refractivity contribution in [2.75, 3.05) is 4.72 Å². The van der Waals surface area contributed by atoms with Crippen LogP contribution >= 0.6 is 11.6 Å². The minimum atomic E-state index is -4.14. The minimum Gasteiger partial charge on any atom is -0.478 e. The van der Waals surface area contributed by atoms with Crippen molar-refractivity contribution < 1.29 is 18.3 Å². The molecule has 110 valence electrons. The highest BCUT2D eigenvalue weighted by atomic mass is 35.5. The lowest BCUT2D eigenvalue weighted by atomic mass is 10.2. The maximum atomic E-state index is 12.2. The predicted molar refractivity (Wildman–Crippen MR) is 74.1 cm³/mol. The van der Waals surface area contributed by atoms with E-state index in [1.807, 2.05) is 0 Å². The highest BCUT2D eigenvalue weighted by Crippen LogP contribution is 2.24. The van der Waals surface area contributed by atoms with Gasteiger partial charge in [-0.2, -0.15) is 5.10 Å². The van der Waals surface area contributed by atoms with Crippen LogP contribution in [0, 0.1) is 0 Å². The van der Waals surface area contributed by atoms with E-state index in [0.29, 0.717) is 0 Å². The first-order valence-electron chi connectivity index (χ1n) is 5.41. The van der Waals surface area contributed by atoms with Gasteiger partial charge in [-0.05, 0) is 24.3 Å². The Morgan fingerprint density at radius 1 is 1.29 bits per heavy atom. The molecule has 2 rings (SSSR count). The third-order valence-electron chi connectivity index (χ3n) is 2.39. The Bertz CT molecular complexity index is 842. The van der Waals surface area contributed by atoms with Crippen LogP contribution in [0.2, 0.25) is 5.02 Å². The average molecular weight is 330 g/mol. The molecule has 0 aliphatic carbocycles. The fourth-order valence-corrected chi connectivity index (χ4v) is 2.96. The SMILES string of the molecule is O=C(O)c1ccc(Cl)c(S(=O)(=O)Nc2ccc(=O)[nH]n2)c1. The molecule has 0 unspecified atom stereocenters. The quantitative estimate of drug-likeness (QED) is 0.765.